The molecule has 0 amide bonds. The first-order valence-corrected chi connectivity index (χ1v) is 7.69. The summed E-state index contributed by atoms with van der Waals surface area (Å²) in [5.41, 5.74) is 0. The van der Waals surface area contributed by atoms with Crippen LogP contribution >= 0.6 is 15.9 Å². The van der Waals surface area contributed by atoms with Gasteiger partial charge in [-0.2, -0.15) is 0 Å². The lowest BCUT2D eigenvalue weighted by Gasteiger charge is -2.08. The minimum absolute atomic E-state index is 0.178. The third-order valence-corrected chi connectivity index (χ3v) is 9.28. The Balaban J connectivity index is 5.00. The highest BCUT2D eigenvalue weighted by molar-refractivity contribution is 9.13. The van der Waals surface area contributed by atoms with E-state index in [0.717, 1.165) is 0 Å². The molecule has 0 heterocycles. The Morgan fingerprint density at radius 3 is 1.42 bits per heavy atom. The lowest BCUT2D eigenvalue weighted by molar-refractivity contribution is 0.588. The molecular formula is C5H11BrO4S2. The number of sulfone groups is 2. The molecule has 0 rings (SSSR count). The Hall–Kier alpha value is 0.380. The number of halogens is 1. The van der Waals surface area contributed by atoms with Gasteiger partial charge < -0.3 is 0 Å². The van der Waals surface area contributed by atoms with Gasteiger partial charge in [0.2, 0.25) is 3.49 Å². The molecule has 0 aliphatic rings. The predicted molar refractivity (Wildman–Crippen MR) is 51.6 cm³/mol. The largest absolute Gasteiger partial charge is 0.227 e. The Bertz CT molecular complexity index is 294. The highest BCUT2D eigenvalue weighted by atomic mass is 79.9. The van der Waals surface area contributed by atoms with E-state index in [1.807, 2.05) is 0 Å². The van der Waals surface area contributed by atoms with Crippen LogP contribution in [0.2, 0.25) is 0 Å². The minimum Gasteiger partial charge on any atom is -0.227 e. The van der Waals surface area contributed by atoms with Crippen molar-refractivity contribution in [2.45, 2.75) is 17.3 Å². The van der Waals surface area contributed by atoms with E-state index >= 15 is 0 Å². The van der Waals surface area contributed by atoms with Crippen molar-refractivity contribution in [2.24, 2.45) is 0 Å². The van der Waals surface area contributed by atoms with Crippen LogP contribution in [0.5, 0.6) is 0 Å². The zero-order valence-electron chi connectivity index (χ0n) is 6.82. The highest BCUT2D eigenvalue weighted by Gasteiger charge is 2.32. The van der Waals surface area contributed by atoms with Gasteiger partial charge in [0.15, 0.2) is 19.7 Å². The van der Waals surface area contributed by atoms with E-state index in [2.05, 4.69) is 15.9 Å². The van der Waals surface area contributed by atoms with Gasteiger partial charge in [0, 0.05) is 11.5 Å². The number of alkyl halides is 1. The Kier molecular flexibility index (Phi) is 4.19. The van der Waals surface area contributed by atoms with Crippen LogP contribution in [0.3, 0.4) is 0 Å². The maximum atomic E-state index is 11.1. The lowest BCUT2D eigenvalue weighted by Crippen LogP contribution is -2.27. The molecular weight excluding hydrogens is 268 g/mol. The number of rotatable bonds is 4. The smallest absolute Gasteiger partial charge is 0.216 e. The van der Waals surface area contributed by atoms with Gasteiger partial charge in [-0.15, -0.1) is 0 Å². The fraction of sp³-hybridized carbons (Fsp3) is 1.00. The standard InChI is InChI=1S/C5H11BrO4S2/c1-3-11(7,8)5(6)12(9,10)4-2/h5H,3-4H2,1-2H3. The maximum absolute atomic E-state index is 11.1. The topological polar surface area (TPSA) is 68.3 Å². The zero-order chi connectivity index (χ0) is 9.99. The van der Waals surface area contributed by atoms with Gasteiger partial charge in [0.05, 0.1) is 0 Å². The summed E-state index contributed by atoms with van der Waals surface area (Å²) in [4.78, 5) is 0. The lowest BCUT2D eigenvalue weighted by atomic mass is 11.0. The molecule has 12 heavy (non-hydrogen) atoms. The van der Waals surface area contributed by atoms with Gasteiger partial charge in [-0.05, 0) is 0 Å². The van der Waals surface area contributed by atoms with Crippen molar-refractivity contribution in [3.05, 3.63) is 0 Å². The minimum atomic E-state index is -3.54. The molecule has 4 nitrogen and oxygen atoms in total. The average molecular weight is 279 g/mol. The SMILES string of the molecule is CCS(=O)(=O)C(Br)S(=O)(=O)CC. The summed E-state index contributed by atoms with van der Waals surface area (Å²) in [6.07, 6.45) is 0. The van der Waals surface area contributed by atoms with Crippen LogP contribution in [0.1, 0.15) is 13.8 Å². The van der Waals surface area contributed by atoms with Crippen molar-refractivity contribution in [2.75, 3.05) is 11.5 Å². The van der Waals surface area contributed by atoms with Gasteiger partial charge >= 0.3 is 0 Å². The fourth-order valence-corrected chi connectivity index (χ4v) is 5.20. The summed E-state index contributed by atoms with van der Waals surface area (Å²) in [6.45, 7) is 2.82. The van der Waals surface area contributed by atoms with Crippen molar-refractivity contribution in [1.29, 1.82) is 0 Å². The molecule has 0 fully saturated rings. The molecule has 0 unspecified atom stereocenters. The van der Waals surface area contributed by atoms with Crippen LogP contribution in [-0.4, -0.2) is 31.8 Å². The molecule has 0 radical (unpaired) electrons. The molecule has 74 valence electrons. The van der Waals surface area contributed by atoms with Crippen molar-refractivity contribution in [1.82, 2.24) is 0 Å². The van der Waals surface area contributed by atoms with Crippen LogP contribution in [0.25, 0.3) is 0 Å². The van der Waals surface area contributed by atoms with E-state index < -0.39 is 23.2 Å². The molecule has 0 aromatic rings. The number of hydrogen-bond acceptors (Lipinski definition) is 4. The van der Waals surface area contributed by atoms with E-state index in [-0.39, 0.29) is 11.5 Å². The molecule has 0 aromatic carbocycles. The van der Waals surface area contributed by atoms with Crippen molar-refractivity contribution < 1.29 is 16.8 Å². The molecule has 0 aliphatic carbocycles. The fourth-order valence-electron chi connectivity index (χ4n) is 0.485. The second kappa shape index (κ2) is 4.06. The monoisotopic (exact) mass is 278 g/mol. The van der Waals surface area contributed by atoms with E-state index in [0.29, 0.717) is 0 Å². The van der Waals surface area contributed by atoms with Crippen LogP contribution in [0.4, 0.5) is 0 Å². The third-order valence-electron chi connectivity index (χ3n) is 1.37. The summed E-state index contributed by atoms with van der Waals surface area (Å²) in [7, 11) is -7.08. The van der Waals surface area contributed by atoms with Crippen LogP contribution < -0.4 is 0 Å². The molecule has 0 N–H and O–H groups in total. The summed E-state index contributed by atoms with van der Waals surface area (Å²) < 4.78 is 42.9. The van der Waals surface area contributed by atoms with Crippen molar-refractivity contribution in [3.63, 3.8) is 0 Å². The Labute approximate surface area is 81.3 Å². The molecule has 0 bridgehead atoms. The van der Waals surface area contributed by atoms with Gasteiger partial charge in [-0.1, -0.05) is 29.8 Å². The summed E-state index contributed by atoms with van der Waals surface area (Å²) in [5.74, 6) is -0.357. The second-order valence-electron chi connectivity index (χ2n) is 2.18. The Morgan fingerprint density at radius 1 is 1.00 bits per heavy atom. The normalized spacial score (nSPS) is 13.7. The summed E-state index contributed by atoms with van der Waals surface area (Å²) in [5, 5.41) is 0. The van der Waals surface area contributed by atoms with E-state index in [9.17, 15) is 16.8 Å². The van der Waals surface area contributed by atoms with Crippen LogP contribution in [-0.2, 0) is 19.7 Å². The van der Waals surface area contributed by atoms with E-state index in [1.165, 1.54) is 13.8 Å². The van der Waals surface area contributed by atoms with E-state index in [1.54, 1.807) is 0 Å². The van der Waals surface area contributed by atoms with Gasteiger partial charge in [0.25, 0.3) is 0 Å². The van der Waals surface area contributed by atoms with Gasteiger partial charge in [-0.3, -0.25) is 0 Å². The average Bonchev–Trinajstić information content (AvgIpc) is 2.03. The Morgan fingerprint density at radius 2 is 1.25 bits per heavy atom. The highest BCUT2D eigenvalue weighted by Crippen LogP contribution is 2.17. The first kappa shape index (κ1) is 12.4. The van der Waals surface area contributed by atoms with Crippen LogP contribution in [0, 0.1) is 0 Å². The first-order valence-electron chi connectivity index (χ1n) is 3.35. The number of hydrogen-bond donors (Lipinski definition) is 0. The first-order chi connectivity index (χ1) is 5.28. The predicted octanol–water partition coefficient (Wildman–Crippen LogP) is 0.534. The summed E-state index contributed by atoms with van der Waals surface area (Å²) in [6, 6.07) is 0. The second-order valence-corrected chi connectivity index (χ2v) is 9.35. The molecule has 0 aromatic heterocycles. The maximum Gasteiger partial charge on any atom is 0.216 e. The summed E-state index contributed by atoms with van der Waals surface area (Å²) >= 11 is 2.67. The van der Waals surface area contributed by atoms with Crippen molar-refractivity contribution in [3.8, 4) is 0 Å². The third kappa shape index (κ3) is 2.70. The quantitative estimate of drug-likeness (QED) is 0.704. The van der Waals surface area contributed by atoms with Crippen molar-refractivity contribution >= 4 is 35.6 Å². The van der Waals surface area contributed by atoms with Gasteiger partial charge in [-0.25, -0.2) is 16.8 Å². The molecule has 0 saturated heterocycles. The molecule has 0 aliphatic heterocycles. The molecule has 7 heteroatoms. The van der Waals surface area contributed by atoms with E-state index in [4.69, 9.17) is 0 Å². The molecule has 0 saturated carbocycles. The molecule has 0 atom stereocenters. The zero-order valence-corrected chi connectivity index (χ0v) is 10.0. The molecule has 0 spiro atoms. The van der Waals surface area contributed by atoms with Crippen LogP contribution in [0.15, 0.2) is 0 Å². The van der Waals surface area contributed by atoms with Gasteiger partial charge in [0.1, 0.15) is 0 Å².